The van der Waals surface area contributed by atoms with Crippen LogP contribution in [-0.4, -0.2) is 52.6 Å². The number of amides is 4. The van der Waals surface area contributed by atoms with Crippen LogP contribution >= 0.6 is 0 Å². The van der Waals surface area contributed by atoms with E-state index in [-0.39, 0.29) is 55.0 Å². The van der Waals surface area contributed by atoms with Crippen LogP contribution in [0.15, 0.2) is 66.7 Å². The molecule has 1 heterocycles. The molecule has 206 valence electrons. The minimum Gasteiger partial charge on any atom is -0.354 e. The number of rotatable bonds is 12. The summed E-state index contributed by atoms with van der Waals surface area (Å²) in [6.07, 6.45) is 7.19. The Labute approximate surface area is 231 Å². The summed E-state index contributed by atoms with van der Waals surface area (Å²) in [5, 5.41) is 3.03. The van der Waals surface area contributed by atoms with Gasteiger partial charge in [0.1, 0.15) is 6.04 Å². The van der Waals surface area contributed by atoms with E-state index in [9.17, 15) is 19.2 Å². The van der Waals surface area contributed by atoms with Gasteiger partial charge in [-0.3, -0.25) is 24.1 Å². The fraction of sp³-hybridized carbons (Fsp3) is 0.438. The molecule has 7 heteroatoms. The molecule has 0 radical (unpaired) electrons. The van der Waals surface area contributed by atoms with E-state index in [1.54, 1.807) is 4.90 Å². The van der Waals surface area contributed by atoms with Crippen LogP contribution in [0.25, 0.3) is 0 Å². The zero-order chi connectivity index (χ0) is 27.8. The lowest BCUT2D eigenvalue weighted by Crippen LogP contribution is -2.51. The van der Waals surface area contributed by atoms with Gasteiger partial charge in [-0.2, -0.15) is 0 Å². The van der Waals surface area contributed by atoms with E-state index in [1.807, 2.05) is 73.7 Å². The number of unbranched alkanes of at least 4 members (excludes halogenated alkanes) is 1. The van der Waals surface area contributed by atoms with Crippen LogP contribution in [-0.2, 0) is 32.1 Å². The fourth-order valence-corrected chi connectivity index (χ4v) is 5.47. The number of hydrogen-bond donors (Lipinski definition) is 1. The van der Waals surface area contributed by atoms with Gasteiger partial charge in [0.2, 0.25) is 23.6 Å². The van der Waals surface area contributed by atoms with Gasteiger partial charge in [0.05, 0.1) is 11.8 Å². The van der Waals surface area contributed by atoms with Crippen LogP contribution in [0.2, 0.25) is 0 Å². The van der Waals surface area contributed by atoms with Gasteiger partial charge in [0.25, 0.3) is 0 Å². The predicted octanol–water partition coefficient (Wildman–Crippen LogP) is 4.19. The number of nitrogens with one attached hydrogen (secondary N) is 1. The number of likely N-dealkylation sites (tertiary alicyclic amines) is 1. The molecule has 4 rings (SSSR count). The molecule has 2 aliphatic rings. The first-order chi connectivity index (χ1) is 18.9. The Morgan fingerprint density at radius 1 is 0.974 bits per heavy atom. The molecular formula is C32H39N3O4. The van der Waals surface area contributed by atoms with Gasteiger partial charge in [-0.25, -0.2) is 0 Å². The van der Waals surface area contributed by atoms with Crippen LogP contribution < -0.4 is 5.32 Å². The third kappa shape index (κ3) is 6.83. The molecule has 7 nitrogen and oxygen atoms in total. The molecule has 0 saturated carbocycles. The van der Waals surface area contributed by atoms with Crippen molar-refractivity contribution in [2.24, 2.45) is 11.8 Å². The molecule has 39 heavy (non-hydrogen) atoms. The van der Waals surface area contributed by atoms with E-state index < -0.39 is 6.04 Å². The molecule has 2 aromatic carbocycles. The third-order valence-electron chi connectivity index (χ3n) is 7.85. The van der Waals surface area contributed by atoms with Crippen molar-refractivity contribution in [1.29, 1.82) is 0 Å². The molecule has 3 atom stereocenters. The number of hydrogen-bond acceptors (Lipinski definition) is 4. The molecule has 0 bridgehead atoms. The van der Waals surface area contributed by atoms with E-state index in [2.05, 4.69) is 12.2 Å². The van der Waals surface area contributed by atoms with Crippen molar-refractivity contribution in [3.8, 4) is 0 Å². The number of carbonyl (C=O) groups excluding carboxylic acids is 4. The molecule has 2 aromatic rings. The second-order valence-electron chi connectivity index (χ2n) is 10.5. The number of benzene rings is 2. The largest absolute Gasteiger partial charge is 0.354 e. The van der Waals surface area contributed by atoms with Crippen molar-refractivity contribution < 1.29 is 19.2 Å². The quantitative estimate of drug-likeness (QED) is 0.254. The lowest BCUT2D eigenvalue weighted by atomic mass is 9.85. The highest BCUT2D eigenvalue weighted by atomic mass is 16.2. The lowest BCUT2D eigenvalue weighted by Gasteiger charge is -2.32. The standard InChI is InChI=1S/C32H39N3O4/c1-3-4-19-33-30(37)28(21-24-13-6-5-7-14-24)35(22-25-15-9-8-12-23(25)2)29(36)18-20-34-31(38)26-16-10-11-17-27(26)32(34)39/h5-15,26-28H,3-4,16-22H2,1-2H3,(H,33,37)/t26-,27+,28-/m1/s1. The Bertz CT molecular complexity index is 1180. The summed E-state index contributed by atoms with van der Waals surface area (Å²) < 4.78 is 0. The zero-order valence-electron chi connectivity index (χ0n) is 23.0. The topological polar surface area (TPSA) is 86.8 Å². The molecule has 0 aromatic heterocycles. The summed E-state index contributed by atoms with van der Waals surface area (Å²) in [4.78, 5) is 56.3. The Kier molecular flexibility index (Phi) is 9.69. The highest BCUT2D eigenvalue weighted by molar-refractivity contribution is 6.05. The first kappa shape index (κ1) is 28.3. The van der Waals surface area contributed by atoms with Crippen molar-refractivity contribution >= 4 is 23.6 Å². The van der Waals surface area contributed by atoms with E-state index in [4.69, 9.17) is 0 Å². The number of fused-ring (bicyclic) bond motifs is 1. The third-order valence-corrected chi connectivity index (χ3v) is 7.85. The molecule has 4 amide bonds. The maximum atomic E-state index is 13.9. The maximum absolute atomic E-state index is 13.9. The molecule has 1 saturated heterocycles. The molecule has 1 aliphatic carbocycles. The second kappa shape index (κ2) is 13.4. The first-order valence-corrected chi connectivity index (χ1v) is 14.1. The van der Waals surface area contributed by atoms with E-state index >= 15 is 0 Å². The normalized spacial score (nSPS) is 19.1. The van der Waals surface area contributed by atoms with E-state index in [1.165, 1.54) is 4.90 Å². The Morgan fingerprint density at radius 3 is 2.26 bits per heavy atom. The number of allylic oxidation sites excluding steroid dienone is 2. The number of aryl methyl sites for hydroxylation is 1. The second-order valence-corrected chi connectivity index (χ2v) is 10.5. The van der Waals surface area contributed by atoms with Crippen LogP contribution in [0.5, 0.6) is 0 Å². The summed E-state index contributed by atoms with van der Waals surface area (Å²) in [6.45, 7) is 4.89. The average Bonchev–Trinajstić information content (AvgIpc) is 3.20. The molecule has 0 spiro atoms. The number of nitrogens with zero attached hydrogens (tertiary/aromatic N) is 2. The van der Waals surface area contributed by atoms with Crippen molar-refractivity contribution in [2.45, 2.75) is 65.0 Å². The highest BCUT2D eigenvalue weighted by Crippen LogP contribution is 2.35. The summed E-state index contributed by atoms with van der Waals surface area (Å²) in [6, 6.07) is 16.8. The first-order valence-electron chi connectivity index (χ1n) is 14.1. The fourth-order valence-electron chi connectivity index (χ4n) is 5.47. The van der Waals surface area contributed by atoms with Gasteiger partial charge in [-0.15, -0.1) is 0 Å². The number of carbonyl (C=O) groups is 4. The van der Waals surface area contributed by atoms with E-state index in [0.717, 1.165) is 29.5 Å². The summed E-state index contributed by atoms with van der Waals surface area (Å²) >= 11 is 0. The van der Waals surface area contributed by atoms with Gasteiger partial charge >= 0.3 is 0 Å². The molecule has 1 fully saturated rings. The molecule has 0 unspecified atom stereocenters. The van der Waals surface area contributed by atoms with Crippen molar-refractivity contribution in [2.75, 3.05) is 13.1 Å². The number of imide groups is 1. The molecular weight excluding hydrogens is 490 g/mol. The van der Waals surface area contributed by atoms with Crippen molar-refractivity contribution in [1.82, 2.24) is 15.1 Å². The zero-order valence-corrected chi connectivity index (χ0v) is 23.0. The monoisotopic (exact) mass is 529 g/mol. The van der Waals surface area contributed by atoms with Gasteiger partial charge in [0.15, 0.2) is 0 Å². The predicted molar refractivity (Wildman–Crippen MR) is 150 cm³/mol. The van der Waals surface area contributed by atoms with Gasteiger partial charge in [0, 0.05) is 32.5 Å². The van der Waals surface area contributed by atoms with Crippen LogP contribution in [0.4, 0.5) is 0 Å². The average molecular weight is 530 g/mol. The minimum atomic E-state index is -0.729. The SMILES string of the molecule is CCCCNC(=O)[C@@H](Cc1ccccc1)N(Cc1ccccc1C)C(=O)CCN1C(=O)[C@H]2CC=CC[C@H]2C1=O. The highest BCUT2D eigenvalue weighted by Gasteiger charge is 2.47. The maximum Gasteiger partial charge on any atom is 0.243 e. The van der Waals surface area contributed by atoms with Crippen LogP contribution in [0.1, 0.15) is 55.7 Å². The molecule has 1 aliphatic heterocycles. The smallest absolute Gasteiger partial charge is 0.243 e. The van der Waals surface area contributed by atoms with Crippen molar-refractivity contribution in [3.05, 3.63) is 83.4 Å². The Morgan fingerprint density at radius 2 is 1.62 bits per heavy atom. The van der Waals surface area contributed by atoms with Gasteiger partial charge < -0.3 is 10.2 Å². The summed E-state index contributed by atoms with van der Waals surface area (Å²) in [5.41, 5.74) is 2.94. The minimum absolute atomic E-state index is 0.0240. The Hall–Kier alpha value is -3.74. The Balaban J connectivity index is 1.58. The molecule has 1 N–H and O–H groups in total. The summed E-state index contributed by atoms with van der Waals surface area (Å²) in [7, 11) is 0. The van der Waals surface area contributed by atoms with E-state index in [0.29, 0.717) is 25.8 Å². The summed E-state index contributed by atoms with van der Waals surface area (Å²) in [5.74, 6) is -1.47. The van der Waals surface area contributed by atoms with Gasteiger partial charge in [-0.1, -0.05) is 80.1 Å². The van der Waals surface area contributed by atoms with Crippen LogP contribution in [0.3, 0.4) is 0 Å². The van der Waals surface area contributed by atoms with Crippen molar-refractivity contribution in [3.63, 3.8) is 0 Å². The van der Waals surface area contributed by atoms with Gasteiger partial charge in [-0.05, 0) is 42.9 Å². The van der Waals surface area contributed by atoms with Crippen LogP contribution in [0, 0.1) is 18.8 Å². The lowest BCUT2D eigenvalue weighted by molar-refractivity contribution is -0.144.